The standard InChI is InChI=1S/C15H26N2/c1-3-12(4-2)17-15-9-6-5-8-13(15)14-10-7-11-16-14/h1,12-17H,4-11H2,2H3. The van der Waals surface area contributed by atoms with Crippen molar-refractivity contribution in [3.8, 4) is 12.3 Å². The first-order chi connectivity index (χ1) is 8.35. The third-order valence-corrected chi connectivity index (χ3v) is 4.46. The highest BCUT2D eigenvalue weighted by Gasteiger charge is 2.33. The lowest BCUT2D eigenvalue weighted by atomic mass is 9.79. The van der Waals surface area contributed by atoms with Gasteiger partial charge < -0.3 is 10.6 Å². The summed E-state index contributed by atoms with van der Waals surface area (Å²) >= 11 is 0. The Hall–Kier alpha value is -0.520. The summed E-state index contributed by atoms with van der Waals surface area (Å²) in [6, 6.07) is 1.64. The van der Waals surface area contributed by atoms with Crippen molar-refractivity contribution in [1.82, 2.24) is 10.6 Å². The van der Waals surface area contributed by atoms with E-state index in [-0.39, 0.29) is 6.04 Å². The minimum absolute atomic E-state index is 0.266. The van der Waals surface area contributed by atoms with Crippen LogP contribution in [0.25, 0.3) is 0 Å². The van der Waals surface area contributed by atoms with Crippen LogP contribution in [0.15, 0.2) is 0 Å². The highest BCUT2D eigenvalue weighted by atomic mass is 15.0. The smallest absolute Gasteiger partial charge is 0.0686 e. The van der Waals surface area contributed by atoms with Crippen molar-refractivity contribution >= 4 is 0 Å². The van der Waals surface area contributed by atoms with Crippen LogP contribution >= 0.6 is 0 Å². The van der Waals surface area contributed by atoms with Gasteiger partial charge in [0.15, 0.2) is 0 Å². The Morgan fingerprint density at radius 3 is 2.76 bits per heavy atom. The molecule has 1 aliphatic heterocycles. The van der Waals surface area contributed by atoms with Gasteiger partial charge in [-0.1, -0.05) is 25.7 Å². The van der Waals surface area contributed by atoms with E-state index in [1.807, 2.05) is 0 Å². The molecule has 17 heavy (non-hydrogen) atoms. The predicted octanol–water partition coefficient (Wildman–Crippen LogP) is 2.30. The van der Waals surface area contributed by atoms with Crippen LogP contribution in [0.1, 0.15) is 51.9 Å². The van der Waals surface area contributed by atoms with Gasteiger partial charge in [-0.3, -0.25) is 0 Å². The Kier molecular flexibility index (Phi) is 4.88. The van der Waals surface area contributed by atoms with Crippen LogP contribution in [0.5, 0.6) is 0 Å². The minimum Gasteiger partial charge on any atom is -0.314 e. The van der Waals surface area contributed by atoms with Crippen LogP contribution in [0, 0.1) is 18.3 Å². The fraction of sp³-hybridized carbons (Fsp3) is 0.867. The normalized spacial score (nSPS) is 35.4. The number of rotatable bonds is 4. The Morgan fingerprint density at radius 2 is 2.12 bits per heavy atom. The molecule has 0 amide bonds. The molecule has 0 spiro atoms. The highest BCUT2D eigenvalue weighted by molar-refractivity contribution is 5.01. The van der Waals surface area contributed by atoms with E-state index in [1.54, 1.807) is 0 Å². The van der Waals surface area contributed by atoms with Gasteiger partial charge in [-0.05, 0) is 44.6 Å². The summed E-state index contributed by atoms with van der Waals surface area (Å²) in [4.78, 5) is 0. The van der Waals surface area contributed by atoms with Crippen LogP contribution < -0.4 is 10.6 Å². The van der Waals surface area contributed by atoms with E-state index in [2.05, 4.69) is 23.5 Å². The average molecular weight is 234 g/mol. The molecular formula is C15H26N2. The fourth-order valence-electron chi connectivity index (χ4n) is 3.47. The molecule has 0 radical (unpaired) electrons. The topological polar surface area (TPSA) is 24.1 Å². The van der Waals surface area contributed by atoms with Crippen molar-refractivity contribution in [1.29, 1.82) is 0 Å². The lowest BCUT2D eigenvalue weighted by Gasteiger charge is -2.37. The summed E-state index contributed by atoms with van der Waals surface area (Å²) in [6.07, 6.45) is 14.8. The molecule has 0 aromatic carbocycles. The van der Waals surface area contributed by atoms with Crippen molar-refractivity contribution in [3.63, 3.8) is 0 Å². The molecule has 0 aromatic heterocycles. The van der Waals surface area contributed by atoms with Gasteiger partial charge in [0.25, 0.3) is 0 Å². The molecule has 0 aromatic rings. The first-order valence-corrected chi connectivity index (χ1v) is 7.30. The van der Waals surface area contributed by atoms with Gasteiger partial charge >= 0.3 is 0 Å². The van der Waals surface area contributed by atoms with E-state index in [0.29, 0.717) is 6.04 Å². The highest BCUT2D eigenvalue weighted by Crippen LogP contribution is 2.30. The van der Waals surface area contributed by atoms with Gasteiger partial charge in [-0.15, -0.1) is 6.42 Å². The number of hydrogen-bond donors (Lipinski definition) is 2. The molecule has 0 bridgehead atoms. The molecule has 4 unspecified atom stereocenters. The second kappa shape index (κ2) is 6.42. The summed E-state index contributed by atoms with van der Waals surface area (Å²) in [5.74, 6) is 3.68. The van der Waals surface area contributed by atoms with Crippen molar-refractivity contribution in [2.24, 2.45) is 5.92 Å². The molecule has 96 valence electrons. The summed E-state index contributed by atoms with van der Waals surface area (Å²) in [6.45, 7) is 3.38. The predicted molar refractivity (Wildman–Crippen MR) is 72.8 cm³/mol. The van der Waals surface area contributed by atoms with E-state index in [9.17, 15) is 0 Å². The number of terminal acetylenes is 1. The van der Waals surface area contributed by atoms with Crippen molar-refractivity contribution in [2.75, 3.05) is 6.54 Å². The van der Waals surface area contributed by atoms with Crippen LogP contribution in [-0.4, -0.2) is 24.7 Å². The molecule has 1 saturated heterocycles. The van der Waals surface area contributed by atoms with Crippen LogP contribution in [-0.2, 0) is 0 Å². The van der Waals surface area contributed by atoms with E-state index in [1.165, 1.54) is 45.1 Å². The van der Waals surface area contributed by atoms with Gasteiger partial charge in [-0.25, -0.2) is 0 Å². The Balaban J connectivity index is 1.94. The monoisotopic (exact) mass is 234 g/mol. The minimum atomic E-state index is 0.266. The lowest BCUT2D eigenvalue weighted by molar-refractivity contribution is 0.208. The number of nitrogens with one attached hydrogen (secondary N) is 2. The Morgan fingerprint density at radius 1 is 1.29 bits per heavy atom. The van der Waals surface area contributed by atoms with E-state index < -0.39 is 0 Å². The Labute approximate surface area is 106 Å². The second-order valence-electron chi connectivity index (χ2n) is 5.55. The number of hydrogen-bond acceptors (Lipinski definition) is 2. The third kappa shape index (κ3) is 3.24. The maximum Gasteiger partial charge on any atom is 0.0686 e. The molecule has 2 fully saturated rings. The fourth-order valence-corrected chi connectivity index (χ4v) is 3.47. The van der Waals surface area contributed by atoms with Crippen LogP contribution in [0.3, 0.4) is 0 Å². The van der Waals surface area contributed by atoms with Gasteiger partial charge in [0.1, 0.15) is 0 Å². The summed E-state index contributed by atoms with van der Waals surface area (Å²) < 4.78 is 0. The average Bonchev–Trinajstić information content (AvgIpc) is 2.90. The molecule has 4 atom stereocenters. The maximum absolute atomic E-state index is 5.57. The van der Waals surface area contributed by atoms with E-state index in [0.717, 1.165) is 18.4 Å². The van der Waals surface area contributed by atoms with Gasteiger partial charge in [0, 0.05) is 12.1 Å². The second-order valence-corrected chi connectivity index (χ2v) is 5.55. The van der Waals surface area contributed by atoms with Gasteiger partial charge in [0.2, 0.25) is 0 Å². The van der Waals surface area contributed by atoms with E-state index >= 15 is 0 Å². The summed E-state index contributed by atoms with van der Waals surface area (Å²) in [7, 11) is 0. The largest absolute Gasteiger partial charge is 0.314 e. The van der Waals surface area contributed by atoms with Crippen LogP contribution in [0.4, 0.5) is 0 Å². The molecule has 2 nitrogen and oxygen atoms in total. The molecule has 2 N–H and O–H groups in total. The zero-order valence-electron chi connectivity index (χ0n) is 11.0. The van der Waals surface area contributed by atoms with Crippen molar-refractivity contribution in [2.45, 2.75) is 70.0 Å². The van der Waals surface area contributed by atoms with E-state index in [4.69, 9.17) is 6.42 Å². The summed E-state index contributed by atoms with van der Waals surface area (Å²) in [5.41, 5.74) is 0. The molecule has 2 rings (SSSR count). The Bertz CT molecular complexity index is 263. The lowest BCUT2D eigenvalue weighted by Crippen LogP contribution is -2.49. The summed E-state index contributed by atoms with van der Waals surface area (Å²) in [5, 5.41) is 7.38. The van der Waals surface area contributed by atoms with Gasteiger partial charge in [-0.2, -0.15) is 0 Å². The third-order valence-electron chi connectivity index (χ3n) is 4.46. The molecular weight excluding hydrogens is 208 g/mol. The molecule has 1 saturated carbocycles. The molecule has 1 aliphatic carbocycles. The SMILES string of the molecule is C#CC(CC)NC1CCCCC1C1CCCN1. The molecule has 2 aliphatic rings. The quantitative estimate of drug-likeness (QED) is 0.729. The zero-order chi connectivity index (χ0) is 12.1. The molecule has 1 heterocycles. The van der Waals surface area contributed by atoms with Crippen molar-refractivity contribution in [3.05, 3.63) is 0 Å². The first-order valence-electron chi connectivity index (χ1n) is 7.30. The maximum atomic E-state index is 5.57. The van der Waals surface area contributed by atoms with Crippen LogP contribution in [0.2, 0.25) is 0 Å². The van der Waals surface area contributed by atoms with Gasteiger partial charge in [0.05, 0.1) is 6.04 Å². The molecule has 2 heteroatoms. The zero-order valence-corrected chi connectivity index (χ0v) is 11.0. The first kappa shape index (κ1) is 12.9. The van der Waals surface area contributed by atoms with Crippen molar-refractivity contribution < 1.29 is 0 Å².